The molecule has 0 radical (unpaired) electrons. The first kappa shape index (κ1) is 16.5. The van der Waals surface area contributed by atoms with Gasteiger partial charge in [-0.2, -0.15) is 0 Å². The van der Waals surface area contributed by atoms with Crippen LogP contribution in [-0.4, -0.2) is 25.5 Å². The predicted molar refractivity (Wildman–Crippen MR) is 88.9 cm³/mol. The van der Waals surface area contributed by atoms with Gasteiger partial charge in [0.15, 0.2) is 0 Å². The van der Waals surface area contributed by atoms with E-state index in [1.165, 1.54) is 19.3 Å². The summed E-state index contributed by atoms with van der Waals surface area (Å²) in [6.07, 6.45) is 7.09. The van der Waals surface area contributed by atoms with Crippen LogP contribution in [0.2, 0.25) is 0 Å². The maximum absolute atomic E-state index is 12.4. The Kier molecular flexibility index (Phi) is 5.82. The minimum Gasteiger partial charge on any atom is -0.496 e. The summed E-state index contributed by atoms with van der Waals surface area (Å²) < 4.78 is 6.12. The third-order valence-corrected chi connectivity index (χ3v) is 5.11. The smallest absolute Gasteiger partial charge is 0.139 e. The fraction of sp³-hybridized carbons (Fsp3) is 0.588. The second-order valence-corrected chi connectivity index (χ2v) is 6.81. The molecule has 2 rings (SSSR count). The summed E-state index contributed by atoms with van der Waals surface area (Å²) in [6.45, 7) is 0. The molecule has 1 N–H and O–H groups in total. The van der Waals surface area contributed by atoms with E-state index in [1.807, 2.05) is 25.2 Å². The van der Waals surface area contributed by atoms with E-state index in [4.69, 9.17) is 4.74 Å². The Morgan fingerprint density at radius 1 is 1.33 bits per heavy atom. The molecule has 1 fully saturated rings. The summed E-state index contributed by atoms with van der Waals surface area (Å²) in [5.41, 5.74) is 1.06. The number of nitrogens with one attached hydrogen (secondary N) is 1. The quantitative estimate of drug-likeness (QED) is 0.843. The summed E-state index contributed by atoms with van der Waals surface area (Å²) in [6, 6.07) is 5.85. The highest BCUT2D eigenvalue weighted by Gasteiger charge is 2.32. The van der Waals surface area contributed by atoms with Crippen molar-refractivity contribution in [1.29, 1.82) is 0 Å². The minimum atomic E-state index is 0.0268. The number of Topliss-reactive ketones (excluding diaryl/α,β-unsaturated/α-hetero) is 1. The summed E-state index contributed by atoms with van der Waals surface area (Å²) in [4.78, 5) is 12.4. The maximum Gasteiger partial charge on any atom is 0.139 e. The fourth-order valence-electron chi connectivity index (χ4n) is 3.23. The molecule has 21 heavy (non-hydrogen) atoms. The van der Waals surface area contributed by atoms with Crippen molar-refractivity contribution in [3.63, 3.8) is 0 Å². The Morgan fingerprint density at radius 3 is 2.62 bits per heavy atom. The Hall–Kier alpha value is -0.870. The largest absolute Gasteiger partial charge is 0.496 e. The SMILES string of the molecule is CNC1(CC(=O)Cc2ccc(OC)c(Br)c2)CCCCC1. The highest BCUT2D eigenvalue weighted by Crippen LogP contribution is 2.32. The number of benzene rings is 1. The molecule has 1 saturated carbocycles. The first-order valence-electron chi connectivity index (χ1n) is 7.61. The van der Waals surface area contributed by atoms with Crippen LogP contribution in [0.5, 0.6) is 5.75 Å². The topological polar surface area (TPSA) is 38.3 Å². The number of methoxy groups -OCH3 is 1. The summed E-state index contributed by atoms with van der Waals surface area (Å²) in [7, 11) is 3.63. The van der Waals surface area contributed by atoms with Crippen molar-refractivity contribution >= 4 is 21.7 Å². The standard InChI is InChI=1S/C17H24BrNO2/c1-19-17(8-4-3-5-9-17)12-14(20)10-13-6-7-16(21-2)15(18)11-13/h6-7,11,19H,3-5,8-10,12H2,1-2H3. The number of hydrogen-bond acceptors (Lipinski definition) is 3. The lowest BCUT2D eigenvalue weighted by Crippen LogP contribution is -2.46. The first-order valence-corrected chi connectivity index (χ1v) is 8.41. The maximum atomic E-state index is 12.4. The van der Waals surface area contributed by atoms with Gasteiger partial charge in [-0.15, -0.1) is 0 Å². The van der Waals surface area contributed by atoms with Gasteiger partial charge in [0.1, 0.15) is 11.5 Å². The van der Waals surface area contributed by atoms with Crippen molar-refractivity contribution in [2.24, 2.45) is 0 Å². The summed E-state index contributed by atoms with van der Waals surface area (Å²) >= 11 is 3.47. The van der Waals surface area contributed by atoms with Gasteiger partial charge in [-0.1, -0.05) is 25.3 Å². The van der Waals surface area contributed by atoms with Crippen LogP contribution in [0.25, 0.3) is 0 Å². The average molecular weight is 354 g/mol. The van der Waals surface area contributed by atoms with Crippen LogP contribution in [-0.2, 0) is 11.2 Å². The third kappa shape index (κ3) is 4.30. The Labute approximate surface area is 135 Å². The Balaban J connectivity index is 1.99. The molecule has 0 bridgehead atoms. The van der Waals surface area contributed by atoms with Crippen LogP contribution in [0, 0.1) is 0 Å². The number of ether oxygens (including phenoxy) is 1. The van der Waals surface area contributed by atoms with Gasteiger partial charge >= 0.3 is 0 Å². The van der Waals surface area contributed by atoms with Crippen LogP contribution >= 0.6 is 15.9 Å². The van der Waals surface area contributed by atoms with Crippen molar-refractivity contribution in [1.82, 2.24) is 5.32 Å². The molecule has 1 aliphatic carbocycles. The monoisotopic (exact) mass is 353 g/mol. The van der Waals surface area contributed by atoms with Crippen molar-refractivity contribution < 1.29 is 9.53 Å². The zero-order chi connectivity index (χ0) is 15.3. The van der Waals surface area contributed by atoms with E-state index in [1.54, 1.807) is 7.11 Å². The van der Waals surface area contributed by atoms with E-state index in [0.717, 1.165) is 28.6 Å². The van der Waals surface area contributed by atoms with Crippen molar-refractivity contribution in [2.75, 3.05) is 14.2 Å². The zero-order valence-electron chi connectivity index (χ0n) is 12.9. The molecule has 0 aliphatic heterocycles. The molecular weight excluding hydrogens is 330 g/mol. The van der Waals surface area contributed by atoms with Crippen LogP contribution in [0.15, 0.2) is 22.7 Å². The molecule has 0 atom stereocenters. The average Bonchev–Trinajstić information content (AvgIpc) is 2.48. The van der Waals surface area contributed by atoms with E-state index < -0.39 is 0 Å². The molecule has 0 unspecified atom stereocenters. The van der Waals surface area contributed by atoms with Gasteiger partial charge < -0.3 is 10.1 Å². The Bertz CT molecular complexity index is 496. The number of rotatable bonds is 6. The molecule has 0 aromatic heterocycles. The van der Waals surface area contributed by atoms with E-state index >= 15 is 0 Å². The first-order chi connectivity index (χ1) is 10.1. The van der Waals surface area contributed by atoms with Crippen molar-refractivity contribution in [3.8, 4) is 5.75 Å². The molecule has 1 aliphatic rings. The molecule has 116 valence electrons. The third-order valence-electron chi connectivity index (χ3n) is 4.49. The number of carbonyl (C=O) groups is 1. The molecular formula is C17H24BrNO2. The van der Waals surface area contributed by atoms with E-state index in [-0.39, 0.29) is 5.54 Å². The van der Waals surface area contributed by atoms with E-state index in [9.17, 15) is 4.79 Å². The van der Waals surface area contributed by atoms with Crippen molar-refractivity contribution in [2.45, 2.75) is 50.5 Å². The van der Waals surface area contributed by atoms with Gasteiger partial charge in [-0.25, -0.2) is 0 Å². The van der Waals surface area contributed by atoms with Gasteiger partial charge in [0.2, 0.25) is 0 Å². The minimum absolute atomic E-state index is 0.0268. The highest BCUT2D eigenvalue weighted by atomic mass is 79.9. The van der Waals surface area contributed by atoms with Gasteiger partial charge in [-0.3, -0.25) is 4.79 Å². The number of halogens is 1. The molecule has 4 heteroatoms. The lowest BCUT2D eigenvalue weighted by molar-refractivity contribution is -0.120. The predicted octanol–water partition coefficient (Wildman–Crippen LogP) is 3.88. The van der Waals surface area contributed by atoms with Crippen LogP contribution in [0.3, 0.4) is 0 Å². The second kappa shape index (κ2) is 7.41. The lowest BCUT2D eigenvalue weighted by Gasteiger charge is -2.36. The summed E-state index contributed by atoms with van der Waals surface area (Å²) in [5.74, 6) is 1.11. The number of ketones is 1. The highest BCUT2D eigenvalue weighted by molar-refractivity contribution is 9.10. The van der Waals surface area contributed by atoms with Gasteiger partial charge in [0, 0.05) is 18.4 Å². The molecule has 0 heterocycles. The molecule has 0 spiro atoms. The van der Waals surface area contributed by atoms with Gasteiger partial charge in [0.05, 0.1) is 11.6 Å². The van der Waals surface area contributed by atoms with Gasteiger partial charge in [-0.05, 0) is 53.5 Å². The van der Waals surface area contributed by atoms with Crippen LogP contribution in [0.4, 0.5) is 0 Å². The van der Waals surface area contributed by atoms with E-state index in [0.29, 0.717) is 18.6 Å². The number of hydrogen-bond donors (Lipinski definition) is 1. The van der Waals surface area contributed by atoms with Crippen LogP contribution < -0.4 is 10.1 Å². The molecule has 1 aromatic rings. The Morgan fingerprint density at radius 2 is 2.05 bits per heavy atom. The lowest BCUT2D eigenvalue weighted by atomic mass is 9.78. The molecule has 0 amide bonds. The second-order valence-electron chi connectivity index (χ2n) is 5.95. The van der Waals surface area contributed by atoms with Crippen LogP contribution in [0.1, 0.15) is 44.1 Å². The molecule has 0 saturated heterocycles. The number of carbonyl (C=O) groups excluding carboxylic acids is 1. The van der Waals surface area contributed by atoms with Crippen molar-refractivity contribution in [3.05, 3.63) is 28.2 Å². The molecule has 3 nitrogen and oxygen atoms in total. The normalized spacial score (nSPS) is 17.5. The summed E-state index contributed by atoms with van der Waals surface area (Å²) in [5, 5.41) is 3.41. The zero-order valence-corrected chi connectivity index (χ0v) is 14.5. The van der Waals surface area contributed by atoms with E-state index in [2.05, 4.69) is 21.2 Å². The van der Waals surface area contributed by atoms with Gasteiger partial charge in [0.25, 0.3) is 0 Å². The fourth-order valence-corrected chi connectivity index (χ4v) is 3.82. The molecule has 1 aromatic carbocycles.